The van der Waals surface area contributed by atoms with E-state index in [-0.39, 0.29) is 24.3 Å². The van der Waals surface area contributed by atoms with Crippen LogP contribution in [0.15, 0.2) is 47.4 Å². The third-order valence-corrected chi connectivity index (χ3v) is 8.01. The van der Waals surface area contributed by atoms with Crippen LogP contribution in [0.4, 0.5) is 8.78 Å². The van der Waals surface area contributed by atoms with Crippen LogP contribution in [0.25, 0.3) is 0 Å². The van der Waals surface area contributed by atoms with Crippen molar-refractivity contribution in [2.45, 2.75) is 30.3 Å². The fraction of sp³-hybridized carbons (Fsp3) is 0.280. The minimum Gasteiger partial charge on any atom is -0.493 e. The first-order valence-corrected chi connectivity index (χ1v) is 12.5. The number of hydrogen-bond acceptors (Lipinski definition) is 7. The molecule has 0 amide bonds. The monoisotopic (exact) mass is 501 g/mol. The van der Waals surface area contributed by atoms with Crippen molar-refractivity contribution in [2.24, 2.45) is 0 Å². The lowest BCUT2D eigenvalue weighted by molar-refractivity contribution is 0.159. The first-order chi connectivity index (χ1) is 16.8. The lowest BCUT2D eigenvalue weighted by Crippen LogP contribution is -2.39. The predicted octanol–water partition coefficient (Wildman–Crippen LogP) is 4.13. The molecule has 1 atom stereocenters. The van der Waals surface area contributed by atoms with Crippen molar-refractivity contribution < 1.29 is 35.6 Å². The molecule has 3 heterocycles. The van der Waals surface area contributed by atoms with Gasteiger partial charge in [-0.25, -0.2) is 8.78 Å². The van der Waals surface area contributed by atoms with Gasteiger partial charge in [0.15, 0.2) is 34.6 Å². The summed E-state index contributed by atoms with van der Waals surface area (Å²) >= 11 is 0. The van der Waals surface area contributed by atoms with E-state index in [0.717, 1.165) is 42.2 Å². The molecule has 0 bridgehead atoms. The van der Waals surface area contributed by atoms with Crippen molar-refractivity contribution in [1.29, 1.82) is 0 Å². The Labute approximate surface area is 200 Å². The minimum atomic E-state index is -4.44. The van der Waals surface area contributed by atoms with Crippen LogP contribution >= 0.6 is 0 Å². The first kappa shape index (κ1) is 22.1. The Morgan fingerprint density at radius 1 is 1.00 bits per heavy atom. The molecule has 0 fully saturated rings. The molecule has 0 saturated carbocycles. The molecule has 7 nitrogen and oxygen atoms in total. The fourth-order valence-corrected chi connectivity index (χ4v) is 6.02. The van der Waals surface area contributed by atoms with Gasteiger partial charge in [0.2, 0.25) is 6.79 Å². The van der Waals surface area contributed by atoms with Crippen LogP contribution < -0.4 is 18.4 Å². The van der Waals surface area contributed by atoms with E-state index in [9.17, 15) is 17.2 Å². The molecule has 3 aromatic carbocycles. The lowest BCUT2D eigenvalue weighted by Gasteiger charge is -2.41. The van der Waals surface area contributed by atoms with Gasteiger partial charge in [0.05, 0.1) is 7.11 Å². The largest absolute Gasteiger partial charge is 0.493 e. The van der Waals surface area contributed by atoms with Crippen LogP contribution in [0.1, 0.15) is 28.3 Å². The van der Waals surface area contributed by atoms with Crippen molar-refractivity contribution in [3.05, 3.63) is 76.4 Å². The molecule has 0 N–H and O–H groups in total. The van der Waals surface area contributed by atoms with Gasteiger partial charge in [-0.2, -0.15) is 8.42 Å². The zero-order valence-electron chi connectivity index (χ0n) is 18.7. The average Bonchev–Trinajstić information content (AvgIpc) is 3.31. The van der Waals surface area contributed by atoms with Crippen molar-refractivity contribution in [1.82, 2.24) is 4.90 Å². The van der Waals surface area contributed by atoms with E-state index in [4.69, 9.17) is 18.4 Å². The summed E-state index contributed by atoms with van der Waals surface area (Å²) < 4.78 is 75.0. The van der Waals surface area contributed by atoms with Crippen LogP contribution in [-0.2, 0) is 29.5 Å². The third kappa shape index (κ3) is 3.68. The summed E-state index contributed by atoms with van der Waals surface area (Å²) in [4.78, 5) is 1.79. The second-order valence-electron chi connectivity index (χ2n) is 8.69. The van der Waals surface area contributed by atoms with Crippen LogP contribution in [0.3, 0.4) is 0 Å². The first-order valence-electron chi connectivity index (χ1n) is 11.1. The van der Waals surface area contributed by atoms with Crippen LogP contribution in [0.2, 0.25) is 0 Å². The van der Waals surface area contributed by atoms with Gasteiger partial charge in [-0.15, -0.1) is 0 Å². The van der Waals surface area contributed by atoms with Gasteiger partial charge in [-0.05, 0) is 65.9 Å². The number of halogens is 2. The number of benzene rings is 3. The van der Waals surface area contributed by atoms with Crippen molar-refractivity contribution in [3.8, 4) is 23.0 Å². The highest BCUT2D eigenvalue weighted by Crippen LogP contribution is 2.47. The van der Waals surface area contributed by atoms with E-state index in [1.54, 1.807) is 6.07 Å². The molecule has 3 aliphatic heterocycles. The fourth-order valence-electron chi connectivity index (χ4n) is 5.04. The number of fused-ring (bicyclic) bond motifs is 5. The zero-order chi connectivity index (χ0) is 24.3. The SMILES string of the molecule is COc1ccc2c(c1OS(=O)(=O)c1ccc(F)c(F)c1)CN1CCc3cc4c(cc3C1C2)OCO4. The van der Waals surface area contributed by atoms with Gasteiger partial charge in [-0.3, -0.25) is 4.90 Å². The molecule has 1 unspecified atom stereocenters. The van der Waals surface area contributed by atoms with Gasteiger partial charge in [0.25, 0.3) is 0 Å². The molecule has 6 rings (SSSR count). The van der Waals surface area contributed by atoms with Crippen LogP contribution in [-0.4, -0.2) is 33.8 Å². The Bertz CT molecular complexity index is 1460. The molecule has 0 aliphatic carbocycles. The maximum absolute atomic E-state index is 13.7. The van der Waals surface area contributed by atoms with E-state index in [2.05, 4.69) is 4.90 Å². The van der Waals surface area contributed by atoms with E-state index < -0.39 is 26.6 Å². The van der Waals surface area contributed by atoms with E-state index in [1.807, 2.05) is 18.2 Å². The van der Waals surface area contributed by atoms with E-state index in [1.165, 1.54) is 18.2 Å². The standard InChI is InChI=1S/C25H21F2NO6S/c1-31-22-5-2-14-8-21-17-11-24-23(32-13-33-24)9-15(17)6-7-28(21)12-18(14)25(22)34-35(29,30)16-3-4-19(26)20(27)10-16/h2-5,9-11,21H,6-8,12-13H2,1H3. The summed E-state index contributed by atoms with van der Waals surface area (Å²) in [6.07, 6.45) is 1.44. The lowest BCUT2D eigenvalue weighted by atomic mass is 9.83. The third-order valence-electron chi connectivity index (χ3n) is 6.79. The van der Waals surface area contributed by atoms with Gasteiger partial charge < -0.3 is 18.4 Å². The Balaban J connectivity index is 1.38. The van der Waals surface area contributed by atoms with E-state index >= 15 is 0 Å². The summed E-state index contributed by atoms with van der Waals surface area (Å²) in [5, 5.41) is 0. The molecular weight excluding hydrogens is 480 g/mol. The summed E-state index contributed by atoms with van der Waals surface area (Å²) in [7, 11) is -3.02. The normalized spacial score (nSPS) is 18.4. The smallest absolute Gasteiger partial charge is 0.339 e. The summed E-state index contributed by atoms with van der Waals surface area (Å²) in [6.45, 7) is 1.42. The molecule has 3 aromatic rings. The molecule has 0 saturated heterocycles. The molecule has 3 aliphatic rings. The molecule has 35 heavy (non-hydrogen) atoms. The van der Waals surface area contributed by atoms with Crippen molar-refractivity contribution in [3.63, 3.8) is 0 Å². The van der Waals surface area contributed by atoms with Gasteiger partial charge in [0.1, 0.15) is 4.90 Å². The highest BCUT2D eigenvalue weighted by atomic mass is 32.2. The number of hydrogen-bond donors (Lipinski definition) is 0. The molecular formula is C25H21F2NO6S. The quantitative estimate of drug-likeness (QED) is 0.498. The molecule has 10 heteroatoms. The second kappa shape index (κ2) is 8.10. The van der Waals surface area contributed by atoms with Crippen molar-refractivity contribution in [2.75, 3.05) is 20.4 Å². The van der Waals surface area contributed by atoms with Gasteiger partial charge >= 0.3 is 10.1 Å². The predicted molar refractivity (Wildman–Crippen MR) is 120 cm³/mol. The van der Waals surface area contributed by atoms with Crippen LogP contribution in [0.5, 0.6) is 23.0 Å². The summed E-state index contributed by atoms with van der Waals surface area (Å²) in [6, 6.07) is 10.1. The van der Waals surface area contributed by atoms with Gasteiger partial charge in [-0.1, -0.05) is 6.07 Å². The molecule has 182 valence electrons. The number of methoxy groups -OCH3 is 1. The number of rotatable bonds is 4. The Hall–Kier alpha value is -3.37. The minimum absolute atomic E-state index is 0.0599. The summed E-state index contributed by atoms with van der Waals surface area (Å²) in [5.74, 6) is -0.618. The number of nitrogens with zero attached hydrogens (tertiary/aromatic N) is 1. The Morgan fingerprint density at radius 2 is 1.80 bits per heavy atom. The second-order valence-corrected chi connectivity index (χ2v) is 10.2. The highest BCUT2D eigenvalue weighted by Gasteiger charge is 2.36. The maximum atomic E-state index is 13.7. The average molecular weight is 502 g/mol. The number of ether oxygens (including phenoxy) is 3. The highest BCUT2D eigenvalue weighted by molar-refractivity contribution is 7.87. The Kier molecular flexibility index (Phi) is 5.12. The van der Waals surface area contributed by atoms with E-state index in [0.29, 0.717) is 24.6 Å². The van der Waals surface area contributed by atoms with Crippen LogP contribution in [0, 0.1) is 11.6 Å². The zero-order valence-corrected chi connectivity index (χ0v) is 19.5. The molecule has 0 spiro atoms. The van der Waals surface area contributed by atoms with Crippen molar-refractivity contribution >= 4 is 10.1 Å². The molecule has 0 radical (unpaired) electrons. The maximum Gasteiger partial charge on any atom is 0.339 e. The Morgan fingerprint density at radius 3 is 2.57 bits per heavy atom. The van der Waals surface area contributed by atoms with Gasteiger partial charge in [0, 0.05) is 24.7 Å². The molecule has 0 aromatic heterocycles. The topological polar surface area (TPSA) is 74.3 Å². The summed E-state index contributed by atoms with van der Waals surface area (Å²) in [5.41, 5.74) is 3.99.